The Morgan fingerprint density at radius 2 is 2.05 bits per heavy atom. The maximum Gasteiger partial charge on any atom is 0.0652 e. The molecule has 0 saturated heterocycles. The molecule has 112 valence electrons. The van der Waals surface area contributed by atoms with Crippen molar-refractivity contribution in [1.82, 2.24) is 5.32 Å². The zero-order chi connectivity index (χ0) is 14.6. The fourth-order valence-corrected chi connectivity index (χ4v) is 3.10. The molecule has 1 aromatic rings. The molecule has 1 saturated carbocycles. The normalized spacial score (nSPS) is 26.0. The second-order valence-electron chi connectivity index (χ2n) is 6.45. The zero-order valence-electron chi connectivity index (χ0n) is 12.9. The molecular formula is C17H28N2O. The van der Waals surface area contributed by atoms with Crippen LogP contribution in [0.5, 0.6) is 0 Å². The van der Waals surface area contributed by atoms with Crippen molar-refractivity contribution >= 4 is 0 Å². The van der Waals surface area contributed by atoms with E-state index in [1.54, 1.807) is 0 Å². The third-order valence-electron chi connectivity index (χ3n) is 4.77. The number of methoxy groups -OCH3 is 1. The third kappa shape index (κ3) is 3.40. The van der Waals surface area contributed by atoms with Gasteiger partial charge in [-0.05, 0) is 31.4 Å². The molecule has 0 spiro atoms. The Bertz CT molecular complexity index is 405. The van der Waals surface area contributed by atoms with Gasteiger partial charge in [0, 0.05) is 24.6 Å². The first-order valence-electron chi connectivity index (χ1n) is 7.62. The molecule has 3 atom stereocenters. The molecule has 0 aromatic heterocycles. The summed E-state index contributed by atoms with van der Waals surface area (Å²) in [5.41, 5.74) is 7.69. The number of hydrogen-bond donors (Lipinski definition) is 2. The number of hydrogen-bond acceptors (Lipinski definition) is 3. The van der Waals surface area contributed by atoms with E-state index in [0.29, 0.717) is 12.1 Å². The van der Waals surface area contributed by atoms with Crippen LogP contribution in [0.25, 0.3) is 0 Å². The quantitative estimate of drug-likeness (QED) is 0.753. The van der Waals surface area contributed by atoms with E-state index < -0.39 is 0 Å². The van der Waals surface area contributed by atoms with E-state index >= 15 is 0 Å². The first-order chi connectivity index (χ1) is 9.55. The largest absolute Gasteiger partial charge is 0.381 e. The van der Waals surface area contributed by atoms with Gasteiger partial charge < -0.3 is 15.8 Å². The summed E-state index contributed by atoms with van der Waals surface area (Å²) in [5.74, 6) is 0. The van der Waals surface area contributed by atoms with E-state index in [1.807, 2.05) is 13.2 Å². The Labute approximate surface area is 122 Å². The van der Waals surface area contributed by atoms with Crippen LogP contribution in [0.2, 0.25) is 0 Å². The molecule has 0 heterocycles. The lowest BCUT2D eigenvalue weighted by molar-refractivity contribution is -0.0973. The molecule has 3 N–H and O–H groups in total. The van der Waals surface area contributed by atoms with Gasteiger partial charge in [-0.25, -0.2) is 0 Å². The number of rotatable bonds is 7. The standard InChI is InChI=1S/C17H28N2O/c1-17(2)15(12-16(17)20-3)19-11-7-10-14(18)13-8-5-4-6-9-13/h4-6,8-9,14-16,19H,7,10-12,18H2,1-3H3. The molecule has 3 heteroatoms. The average Bonchev–Trinajstić information content (AvgIpc) is 2.46. The van der Waals surface area contributed by atoms with Crippen molar-refractivity contribution in [1.29, 1.82) is 0 Å². The van der Waals surface area contributed by atoms with Crippen LogP contribution in [0.3, 0.4) is 0 Å². The smallest absolute Gasteiger partial charge is 0.0652 e. The van der Waals surface area contributed by atoms with Gasteiger partial charge in [0.05, 0.1) is 6.10 Å². The molecule has 1 aliphatic rings. The van der Waals surface area contributed by atoms with Crippen molar-refractivity contribution in [2.75, 3.05) is 13.7 Å². The van der Waals surface area contributed by atoms with Gasteiger partial charge in [0.25, 0.3) is 0 Å². The summed E-state index contributed by atoms with van der Waals surface area (Å²) < 4.78 is 5.47. The van der Waals surface area contributed by atoms with E-state index in [2.05, 4.69) is 43.4 Å². The van der Waals surface area contributed by atoms with Crippen LogP contribution in [0.15, 0.2) is 30.3 Å². The highest BCUT2D eigenvalue weighted by Crippen LogP contribution is 2.42. The molecule has 0 amide bonds. The van der Waals surface area contributed by atoms with Crippen LogP contribution in [-0.4, -0.2) is 25.8 Å². The van der Waals surface area contributed by atoms with Gasteiger partial charge in [0.15, 0.2) is 0 Å². The van der Waals surface area contributed by atoms with Crippen LogP contribution in [-0.2, 0) is 4.74 Å². The van der Waals surface area contributed by atoms with E-state index in [-0.39, 0.29) is 11.5 Å². The Morgan fingerprint density at radius 1 is 1.35 bits per heavy atom. The minimum Gasteiger partial charge on any atom is -0.381 e. The summed E-state index contributed by atoms with van der Waals surface area (Å²) in [5, 5.41) is 3.64. The minimum atomic E-state index is 0.152. The Balaban J connectivity index is 1.65. The van der Waals surface area contributed by atoms with E-state index in [0.717, 1.165) is 25.8 Å². The SMILES string of the molecule is COC1CC(NCCCC(N)c2ccccc2)C1(C)C. The van der Waals surface area contributed by atoms with E-state index in [9.17, 15) is 0 Å². The van der Waals surface area contributed by atoms with Crippen LogP contribution in [0.1, 0.15) is 44.7 Å². The lowest BCUT2D eigenvalue weighted by Crippen LogP contribution is -2.60. The summed E-state index contributed by atoms with van der Waals surface area (Å²) >= 11 is 0. The Hall–Kier alpha value is -0.900. The van der Waals surface area contributed by atoms with Crippen molar-refractivity contribution in [3.05, 3.63) is 35.9 Å². The highest BCUT2D eigenvalue weighted by atomic mass is 16.5. The zero-order valence-corrected chi connectivity index (χ0v) is 12.9. The number of nitrogens with two attached hydrogens (primary N) is 1. The summed E-state index contributed by atoms with van der Waals surface area (Å²) in [6.07, 6.45) is 3.65. The summed E-state index contributed by atoms with van der Waals surface area (Å²) in [6, 6.07) is 11.1. The summed E-state index contributed by atoms with van der Waals surface area (Å²) in [6.45, 7) is 5.58. The monoisotopic (exact) mass is 276 g/mol. The fraction of sp³-hybridized carbons (Fsp3) is 0.647. The van der Waals surface area contributed by atoms with Gasteiger partial charge >= 0.3 is 0 Å². The van der Waals surface area contributed by atoms with Crippen LogP contribution in [0, 0.1) is 5.41 Å². The highest BCUT2D eigenvalue weighted by Gasteiger charge is 2.47. The van der Waals surface area contributed by atoms with Crippen molar-refractivity contribution < 1.29 is 4.74 Å². The second kappa shape index (κ2) is 6.70. The third-order valence-corrected chi connectivity index (χ3v) is 4.77. The van der Waals surface area contributed by atoms with Crippen LogP contribution < -0.4 is 11.1 Å². The van der Waals surface area contributed by atoms with Crippen molar-refractivity contribution in [2.45, 2.75) is 51.3 Å². The Kier molecular flexibility index (Phi) is 5.19. The number of benzene rings is 1. The highest BCUT2D eigenvalue weighted by molar-refractivity contribution is 5.18. The molecule has 1 fully saturated rings. The number of ether oxygens (including phenoxy) is 1. The molecule has 1 aromatic carbocycles. The first-order valence-corrected chi connectivity index (χ1v) is 7.62. The molecule has 20 heavy (non-hydrogen) atoms. The maximum absolute atomic E-state index is 6.21. The predicted molar refractivity (Wildman–Crippen MR) is 83.6 cm³/mol. The van der Waals surface area contributed by atoms with Crippen molar-refractivity contribution in [3.8, 4) is 0 Å². The average molecular weight is 276 g/mol. The Morgan fingerprint density at radius 3 is 2.65 bits per heavy atom. The molecule has 3 unspecified atom stereocenters. The van der Waals surface area contributed by atoms with Crippen molar-refractivity contribution in [3.63, 3.8) is 0 Å². The van der Waals surface area contributed by atoms with Gasteiger partial charge in [-0.2, -0.15) is 0 Å². The van der Waals surface area contributed by atoms with E-state index in [1.165, 1.54) is 5.56 Å². The topological polar surface area (TPSA) is 47.3 Å². The molecule has 0 radical (unpaired) electrons. The molecule has 3 nitrogen and oxygen atoms in total. The lowest BCUT2D eigenvalue weighted by atomic mass is 9.64. The minimum absolute atomic E-state index is 0.152. The van der Waals surface area contributed by atoms with Crippen LogP contribution in [0.4, 0.5) is 0 Å². The fourth-order valence-electron chi connectivity index (χ4n) is 3.10. The van der Waals surface area contributed by atoms with Crippen molar-refractivity contribution in [2.24, 2.45) is 11.1 Å². The van der Waals surface area contributed by atoms with Gasteiger partial charge in [-0.3, -0.25) is 0 Å². The second-order valence-corrected chi connectivity index (χ2v) is 6.45. The summed E-state index contributed by atoms with van der Waals surface area (Å²) in [4.78, 5) is 0. The molecule has 1 aliphatic carbocycles. The van der Waals surface area contributed by atoms with E-state index in [4.69, 9.17) is 10.5 Å². The number of nitrogens with one attached hydrogen (secondary N) is 1. The molecular weight excluding hydrogens is 248 g/mol. The van der Waals surface area contributed by atoms with Gasteiger partial charge in [-0.1, -0.05) is 44.2 Å². The molecule has 2 rings (SSSR count). The maximum atomic E-state index is 6.21. The molecule has 0 bridgehead atoms. The predicted octanol–water partition coefficient (Wildman–Crippen LogP) is 2.87. The first kappa shape index (κ1) is 15.5. The molecule has 0 aliphatic heterocycles. The summed E-state index contributed by atoms with van der Waals surface area (Å²) in [7, 11) is 1.81. The van der Waals surface area contributed by atoms with Gasteiger partial charge in [-0.15, -0.1) is 0 Å². The van der Waals surface area contributed by atoms with Gasteiger partial charge in [0.2, 0.25) is 0 Å². The lowest BCUT2D eigenvalue weighted by Gasteiger charge is -2.51. The van der Waals surface area contributed by atoms with Gasteiger partial charge in [0.1, 0.15) is 0 Å². The van der Waals surface area contributed by atoms with Crippen LogP contribution >= 0.6 is 0 Å².